The van der Waals surface area contributed by atoms with Gasteiger partial charge in [0.25, 0.3) is 0 Å². The van der Waals surface area contributed by atoms with Gasteiger partial charge in [0.15, 0.2) is 0 Å². The van der Waals surface area contributed by atoms with Gasteiger partial charge in [0.2, 0.25) is 0 Å². The van der Waals surface area contributed by atoms with Crippen molar-refractivity contribution in [1.82, 2.24) is 14.5 Å². The van der Waals surface area contributed by atoms with Gasteiger partial charge in [0.05, 0.1) is 31.4 Å². The molecule has 1 fully saturated rings. The third-order valence-corrected chi connectivity index (χ3v) is 4.02. The predicted octanol–water partition coefficient (Wildman–Crippen LogP) is -0.657. The van der Waals surface area contributed by atoms with E-state index in [2.05, 4.69) is 4.98 Å². The minimum Gasteiger partial charge on any atom is -0.395 e. The Labute approximate surface area is 113 Å². The van der Waals surface area contributed by atoms with Crippen LogP contribution in [0.3, 0.4) is 0 Å². The molecule has 1 aliphatic rings. The molecule has 108 valence electrons. The monoisotopic (exact) mass is 269 g/mol. The van der Waals surface area contributed by atoms with Crippen LogP contribution in [0.5, 0.6) is 0 Å². The zero-order valence-corrected chi connectivity index (χ0v) is 11.6. The third-order valence-electron chi connectivity index (χ3n) is 4.02. The summed E-state index contributed by atoms with van der Waals surface area (Å²) in [4.78, 5) is 6.23. The molecule has 0 saturated carbocycles. The lowest BCUT2D eigenvalue weighted by atomic mass is 9.98. The molecule has 1 saturated heterocycles. The highest BCUT2D eigenvalue weighted by Crippen LogP contribution is 2.31. The van der Waals surface area contributed by atoms with Crippen molar-refractivity contribution in [1.29, 1.82) is 0 Å². The van der Waals surface area contributed by atoms with Crippen LogP contribution in [0.25, 0.3) is 0 Å². The van der Waals surface area contributed by atoms with Crippen LogP contribution in [0, 0.1) is 5.92 Å². The number of aryl methyl sites for hydroxylation is 1. The van der Waals surface area contributed by atoms with Crippen LogP contribution in [0.4, 0.5) is 0 Å². The van der Waals surface area contributed by atoms with E-state index in [4.69, 9.17) is 0 Å². The molecule has 6 nitrogen and oxygen atoms in total. The van der Waals surface area contributed by atoms with E-state index < -0.39 is 18.2 Å². The lowest BCUT2D eigenvalue weighted by molar-refractivity contribution is 0.0145. The summed E-state index contributed by atoms with van der Waals surface area (Å²) in [5.41, 5.74) is 0. The molecule has 2 rings (SSSR count). The van der Waals surface area contributed by atoms with Crippen molar-refractivity contribution in [3.8, 4) is 0 Å². The minimum absolute atomic E-state index is 0.175. The van der Waals surface area contributed by atoms with Crippen LogP contribution in [0.2, 0.25) is 0 Å². The van der Waals surface area contributed by atoms with Crippen molar-refractivity contribution < 1.29 is 15.3 Å². The predicted molar refractivity (Wildman–Crippen MR) is 70.3 cm³/mol. The molecule has 0 aliphatic carbocycles. The first-order valence-corrected chi connectivity index (χ1v) is 6.66. The molecule has 2 heterocycles. The molecule has 0 radical (unpaired) electrons. The van der Waals surface area contributed by atoms with Crippen LogP contribution in [0.1, 0.15) is 19.7 Å². The normalized spacial score (nSPS) is 32.4. The topological polar surface area (TPSA) is 81.8 Å². The number of aliphatic hydroxyl groups is 3. The van der Waals surface area contributed by atoms with Gasteiger partial charge in [-0.1, -0.05) is 13.8 Å². The highest BCUT2D eigenvalue weighted by Gasteiger charge is 2.48. The molecule has 0 unspecified atom stereocenters. The van der Waals surface area contributed by atoms with Gasteiger partial charge in [-0.05, 0) is 5.92 Å². The number of aromatic nitrogens is 2. The van der Waals surface area contributed by atoms with Crippen molar-refractivity contribution >= 4 is 0 Å². The zero-order chi connectivity index (χ0) is 14.2. The fourth-order valence-corrected chi connectivity index (χ4v) is 2.97. The quantitative estimate of drug-likeness (QED) is 0.676. The van der Waals surface area contributed by atoms with Crippen molar-refractivity contribution in [2.24, 2.45) is 13.0 Å². The van der Waals surface area contributed by atoms with Gasteiger partial charge in [-0.25, -0.2) is 4.98 Å². The Morgan fingerprint density at radius 1 is 1.32 bits per heavy atom. The van der Waals surface area contributed by atoms with Crippen LogP contribution in [0.15, 0.2) is 12.4 Å². The molecule has 1 aromatic rings. The summed E-state index contributed by atoms with van der Waals surface area (Å²) in [6, 6.07) is -0.622. The van der Waals surface area contributed by atoms with E-state index in [-0.39, 0.29) is 18.6 Å². The number of rotatable bonds is 4. The number of likely N-dealkylation sites (tertiary alicyclic amines) is 1. The van der Waals surface area contributed by atoms with Crippen LogP contribution in [-0.4, -0.2) is 60.7 Å². The first-order valence-electron chi connectivity index (χ1n) is 6.66. The number of imidazole rings is 1. The van der Waals surface area contributed by atoms with Gasteiger partial charge in [-0.2, -0.15) is 0 Å². The second-order valence-electron chi connectivity index (χ2n) is 5.59. The lowest BCUT2D eigenvalue weighted by Gasteiger charge is -2.31. The smallest absolute Gasteiger partial charge is 0.122 e. The Morgan fingerprint density at radius 3 is 2.47 bits per heavy atom. The van der Waals surface area contributed by atoms with Crippen molar-refractivity contribution in [2.75, 3.05) is 6.61 Å². The van der Waals surface area contributed by atoms with Gasteiger partial charge in [0.1, 0.15) is 5.82 Å². The Bertz CT molecular complexity index is 421. The van der Waals surface area contributed by atoms with Gasteiger partial charge in [0, 0.05) is 25.5 Å². The summed E-state index contributed by atoms with van der Waals surface area (Å²) < 4.78 is 1.91. The van der Waals surface area contributed by atoms with Crippen LogP contribution < -0.4 is 0 Å². The maximum Gasteiger partial charge on any atom is 0.122 e. The van der Waals surface area contributed by atoms with Gasteiger partial charge in [-0.15, -0.1) is 0 Å². The van der Waals surface area contributed by atoms with E-state index in [0.717, 1.165) is 5.82 Å². The number of hydrogen-bond donors (Lipinski definition) is 3. The maximum absolute atomic E-state index is 10.2. The molecule has 19 heavy (non-hydrogen) atoms. The molecule has 0 amide bonds. The summed E-state index contributed by atoms with van der Waals surface area (Å²) in [7, 11) is 1.91. The second-order valence-corrected chi connectivity index (χ2v) is 5.59. The number of aliphatic hydroxyl groups excluding tert-OH is 3. The molecular formula is C13H23N3O3. The van der Waals surface area contributed by atoms with E-state index in [0.29, 0.717) is 6.54 Å². The van der Waals surface area contributed by atoms with Crippen LogP contribution >= 0.6 is 0 Å². The number of nitrogens with zero attached hydrogens (tertiary/aromatic N) is 3. The van der Waals surface area contributed by atoms with Crippen LogP contribution in [-0.2, 0) is 13.6 Å². The van der Waals surface area contributed by atoms with Gasteiger partial charge >= 0.3 is 0 Å². The number of hydrogen-bond acceptors (Lipinski definition) is 5. The Morgan fingerprint density at radius 2 is 2.00 bits per heavy atom. The molecule has 6 heteroatoms. The second kappa shape index (κ2) is 5.58. The summed E-state index contributed by atoms with van der Waals surface area (Å²) in [6.45, 7) is 4.34. The molecule has 0 aromatic carbocycles. The first kappa shape index (κ1) is 14.5. The average Bonchev–Trinajstić information content (AvgIpc) is 2.84. The summed E-state index contributed by atoms with van der Waals surface area (Å²) in [5.74, 6) is 1.03. The van der Waals surface area contributed by atoms with Gasteiger partial charge in [-0.3, -0.25) is 4.90 Å². The standard InChI is InChI=1S/C13H23N3O3/c1-8(2)11-13(19)12(18)9(7-17)16(11)6-10-14-4-5-15(10)3/h4-5,8-9,11-13,17-19H,6-7H2,1-3H3/t9-,11+,12-,13+/m1/s1. The van der Waals surface area contributed by atoms with Crippen molar-refractivity contribution in [3.63, 3.8) is 0 Å². The Hall–Kier alpha value is -0.950. The van der Waals surface area contributed by atoms with E-state index in [9.17, 15) is 15.3 Å². The summed E-state index contributed by atoms with van der Waals surface area (Å²) in [6.07, 6.45) is 1.82. The summed E-state index contributed by atoms with van der Waals surface area (Å²) in [5, 5.41) is 29.7. The lowest BCUT2D eigenvalue weighted by Crippen LogP contribution is -2.43. The maximum atomic E-state index is 10.2. The van der Waals surface area contributed by atoms with Crippen molar-refractivity contribution in [3.05, 3.63) is 18.2 Å². The van der Waals surface area contributed by atoms with E-state index >= 15 is 0 Å². The van der Waals surface area contributed by atoms with Gasteiger partial charge < -0.3 is 19.9 Å². The Kier molecular flexibility index (Phi) is 4.25. The minimum atomic E-state index is -0.919. The van der Waals surface area contributed by atoms with E-state index in [1.54, 1.807) is 6.20 Å². The van der Waals surface area contributed by atoms with Crippen molar-refractivity contribution in [2.45, 2.75) is 44.7 Å². The highest BCUT2D eigenvalue weighted by molar-refractivity contribution is 5.04. The fourth-order valence-electron chi connectivity index (χ4n) is 2.97. The molecule has 0 bridgehead atoms. The fraction of sp³-hybridized carbons (Fsp3) is 0.769. The Balaban J connectivity index is 2.25. The van der Waals surface area contributed by atoms with E-state index in [1.807, 2.05) is 36.6 Å². The highest BCUT2D eigenvalue weighted by atomic mass is 16.3. The molecule has 4 atom stereocenters. The molecule has 1 aromatic heterocycles. The molecular weight excluding hydrogens is 246 g/mol. The SMILES string of the molecule is CC(C)[C@H]1[C@H](O)[C@H](O)[C@@H](CO)N1Cc1nccn1C. The first-order chi connectivity index (χ1) is 8.97. The largest absolute Gasteiger partial charge is 0.395 e. The summed E-state index contributed by atoms with van der Waals surface area (Å²) >= 11 is 0. The average molecular weight is 269 g/mol. The van der Waals surface area contributed by atoms with E-state index in [1.165, 1.54) is 0 Å². The molecule has 3 N–H and O–H groups in total. The molecule has 0 spiro atoms. The molecule has 1 aliphatic heterocycles. The third kappa shape index (κ3) is 2.53. The zero-order valence-electron chi connectivity index (χ0n) is 11.6.